The second-order valence-electron chi connectivity index (χ2n) is 5.46. The van der Waals surface area contributed by atoms with E-state index in [1.165, 1.54) is 4.90 Å². The number of aromatic nitrogens is 2. The van der Waals surface area contributed by atoms with Gasteiger partial charge in [-0.25, -0.2) is 4.98 Å². The molecule has 0 aromatic carbocycles. The Morgan fingerprint density at radius 1 is 1.28 bits per heavy atom. The maximum atomic E-state index is 11.9. The summed E-state index contributed by atoms with van der Waals surface area (Å²) in [6.07, 6.45) is 8.38. The SMILES string of the molecule is C=C(/C=N\C(=C/C)C(=O)N(C)C)c1ccc(Nc2cccnc2)nc1. The van der Waals surface area contributed by atoms with Crippen LogP contribution in [0.15, 0.2) is 66.2 Å². The summed E-state index contributed by atoms with van der Waals surface area (Å²) in [5.74, 6) is 0.555. The van der Waals surface area contributed by atoms with Crippen molar-refractivity contribution in [3.05, 3.63) is 66.8 Å². The van der Waals surface area contributed by atoms with E-state index in [4.69, 9.17) is 0 Å². The third-order valence-electron chi connectivity index (χ3n) is 3.33. The first-order chi connectivity index (χ1) is 12.0. The number of pyridine rings is 2. The van der Waals surface area contributed by atoms with Gasteiger partial charge in [0, 0.05) is 38.3 Å². The van der Waals surface area contributed by atoms with Crippen molar-refractivity contribution < 1.29 is 4.79 Å². The second kappa shape index (κ2) is 8.54. The molecule has 0 aliphatic rings. The Kier molecular flexibility index (Phi) is 6.17. The lowest BCUT2D eigenvalue weighted by Crippen LogP contribution is -2.22. The topological polar surface area (TPSA) is 70.5 Å². The predicted octanol–water partition coefficient (Wildman–Crippen LogP) is 3.30. The quantitative estimate of drug-likeness (QED) is 0.649. The normalized spacial score (nSPS) is 11.4. The van der Waals surface area contributed by atoms with E-state index < -0.39 is 0 Å². The highest BCUT2D eigenvalue weighted by Crippen LogP contribution is 2.16. The number of rotatable bonds is 6. The zero-order valence-electron chi connectivity index (χ0n) is 14.6. The van der Waals surface area contributed by atoms with E-state index >= 15 is 0 Å². The highest BCUT2D eigenvalue weighted by molar-refractivity contribution is 6.10. The molecule has 0 bridgehead atoms. The molecule has 0 saturated carbocycles. The van der Waals surface area contributed by atoms with E-state index in [1.807, 2.05) is 24.3 Å². The van der Waals surface area contributed by atoms with Crippen molar-refractivity contribution in [2.75, 3.05) is 19.4 Å². The van der Waals surface area contributed by atoms with Gasteiger partial charge in [0.05, 0.1) is 11.9 Å². The number of likely N-dealkylation sites (N-methyl/N-ethyl adjacent to an activating group) is 1. The molecule has 0 fully saturated rings. The molecule has 6 nitrogen and oxygen atoms in total. The maximum Gasteiger partial charge on any atom is 0.271 e. The van der Waals surface area contributed by atoms with Crippen molar-refractivity contribution in [2.24, 2.45) is 4.99 Å². The number of nitrogens with one attached hydrogen (secondary N) is 1. The molecular formula is C19H21N5O. The zero-order chi connectivity index (χ0) is 18.2. The number of allylic oxidation sites excluding steroid dienone is 2. The summed E-state index contributed by atoms with van der Waals surface area (Å²) in [5, 5.41) is 3.16. The zero-order valence-corrected chi connectivity index (χ0v) is 14.6. The lowest BCUT2D eigenvalue weighted by molar-refractivity contribution is -0.124. The third kappa shape index (κ3) is 5.10. The number of anilines is 2. The fraction of sp³-hybridized carbons (Fsp3) is 0.158. The number of nitrogens with zero attached hydrogens (tertiary/aromatic N) is 4. The van der Waals surface area contributed by atoms with E-state index in [1.54, 1.807) is 51.9 Å². The van der Waals surface area contributed by atoms with Crippen molar-refractivity contribution >= 4 is 29.2 Å². The van der Waals surface area contributed by atoms with Crippen LogP contribution in [0.3, 0.4) is 0 Å². The summed E-state index contributed by atoms with van der Waals surface area (Å²) < 4.78 is 0. The molecule has 2 rings (SSSR count). The van der Waals surface area contributed by atoms with Gasteiger partial charge in [0.15, 0.2) is 0 Å². The van der Waals surface area contributed by atoms with Crippen molar-refractivity contribution in [2.45, 2.75) is 6.92 Å². The average Bonchev–Trinajstić information content (AvgIpc) is 2.63. The molecule has 1 N–H and O–H groups in total. The summed E-state index contributed by atoms with van der Waals surface area (Å²) in [6, 6.07) is 7.50. The van der Waals surface area contributed by atoms with Crippen LogP contribution in [-0.2, 0) is 4.79 Å². The summed E-state index contributed by atoms with van der Waals surface area (Å²) >= 11 is 0. The molecule has 0 unspecified atom stereocenters. The Bertz CT molecular complexity index is 792. The van der Waals surface area contributed by atoms with Gasteiger partial charge >= 0.3 is 0 Å². The minimum Gasteiger partial charge on any atom is -0.343 e. The highest BCUT2D eigenvalue weighted by atomic mass is 16.2. The molecule has 0 radical (unpaired) electrons. The van der Waals surface area contributed by atoms with E-state index in [-0.39, 0.29) is 5.91 Å². The van der Waals surface area contributed by atoms with E-state index in [0.29, 0.717) is 17.1 Å². The standard InChI is InChI=1S/C19H21N5O/c1-5-17(19(25)24(3)4)21-11-14(2)15-8-9-18(22-12-15)23-16-7-6-10-20-13-16/h5-13H,2H2,1,3-4H3,(H,22,23)/b17-5-,21-11-. The third-order valence-corrected chi connectivity index (χ3v) is 3.33. The van der Waals surface area contributed by atoms with E-state index in [0.717, 1.165) is 11.3 Å². The summed E-state index contributed by atoms with van der Waals surface area (Å²) in [7, 11) is 3.38. The highest BCUT2D eigenvalue weighted by Gasteiger charge is 2.09. The number of amides is 1. The first kappa shape index (κ1) is 18.1. The number of carbonyl (C=O) groups excluding carboxylic acids is 1. The van der Waals surface area contributed by atoms with Crippen LogP contribution in [0.5, 0.6) is 0 Å². The van der Waals surface area contributed by atoms with Crippen LogP contribution < -0.4 is 5.32 Å². The molecule has 0 aliphatic heterocycles. The van der Waals surface area contributed by atoms with Crippen molar-refractivity contribution in [3.8, 4) is 0 Å². The van der Waals surface area contributed by atoms with Crippen LogP contribution in [0.25, 0.3) is 5.57 Å². The molecule has 2 aromatic rings. The van der Waals surface area contributed by atoms with Crippen molar-refractivity contribution in [1.82, 2.24) is 14.9 Å². The van der Waals surface area contributed by atoms with Gasteiger partial charge in [0.25, 0.3) is 5.91 Å². The van der Waals surface area contributed by atoms with Crippen molar-refractivity contribution in [3.63, 3.8) is 0 Å². The first-order valence-electron chi connectivity index (χ1n) is 7.75. The Labute approximate surface area is 147 Å². The molecule has 128 valence electrons. The molecule has 0 spiro atoms. The van der Waals surface area contributed by atoms with Crippen molar-refractivity contribution in [1.29, 1.82) is 0 Å². The molecule has 0 aliphatic carbocycles. The number of carbonyl (C=O) groups is 1. The van der Waals surface area contributed by atoms with Gasteiger partial charge in [-0.3, -0.25) is 14.8 Å². The maximum absolute atomic E-state index is 11.9. The fourth-order valence-electron chi connectivity index (χ4n) is 1.95. The Morgan fingerprint density at radius 2 is 2.08 bits per heavy atom. The molecule has 6 heteroatoms. The number of hydrogen-bond acceptors (Lipinski definition) is 5. The largest absolute Gasteiger partial charge is 0.343 e. The van der Waals surface area contributed by atoms with E-state index in [9.17, 15) is 4.79 Å². The second-order valence-corrected chi connectivity index (χ2v) is 5.46. The summed E-state index contributed by atoms with van der Waals surface area (Å²) in [6.45, 7) is 5.75. The van der Waals surface area contributed by atoms with Crippen LogP contribution in [0.4, 0.5) is 11.5 Å². The minimum absolute atomic E-state index is 0.152. The fourth-order valence-corrected chi connectivity index (χ4v) is 1.95. The Hall–Kier alpha value is -3.28. The smallest absolute Gasteiger partial charge is 0.271 e. The molecule has 1 amide bonds. The number of hydrogen-bond donors (Lipinski definition) is 1. The van der Waals surface area contributed by atoms with Gasteiger partial charge in [0.1, 0.15) is 11.5 Å². The first-order valence-corrected chi connectivity index (χ1v) is 7.75. The molecule has 0 saturated heterocycles. The summed E-state index contributed by atoms with van der Waals surface area (Å²) in [4.78, 5) is 26.0. The number of aliphatic imine (C=N–C) groups is 1. The Morgan fingerprint density at radius 3 is 2.64 bits per heavy atom. The van der Waals surface area contributed by atoms with Crippen LogP contribution in [-0.4, -0.2) is 41.1 Å². The van der Waals surface area contributed by atoms with Crippen LogP contribution in [0.1, 0.15) is 12.5 Å². The van der Waals surface area contributed by atoms with E-state index in [2.05, 4.69) is 26.9 Å². The Balaban J connectivity index is 2.05. The monoisotopic (exact) mass is 335 g/mol. The summed E-state index contributed by atoms with van der Waals surface area (Å²) in [5.41, 5.74) is 2.73. The minimum atomic E-state index is -0.152. The van der Waals surface area contributed by atoms with Gasteiger partial charge in [-0.1, -0.05) is 12.7 Å². The van der Waals surface area contributed by atoms with Crippen LogP contribution in [0, 0.1) is 0 Å². The molecular weight excluding hydrogens is 314 g/mol. The molecule has 2 heterocycles. The van der Waals surface area contributed by atoms with Gasteiger partial charge in [0.2, 0.25) is 0 Å². The lowest BCUT2D eigenvalue weighted by atomic mass is 10.1. The average molecular weight is 335 g/mol. The molecule has 0 atom stereocenters. The molecule has 2 aromatic heterocycles. The lowest BCUT2D eigenvalue weighted by Gasteiger charge is -2.10. The van der Waals surface area contributed by atoms with Gasteiger partial charge in [-0.05, 0) is 36.8 Å². The van der Waals surface area contributed by atoms with Gasteiger partial charge < -0.3 is 10.2 Å². The molecule has 25 heavy (non-hydrogen) atoms. The van der Waals surface area contributed by atoms with Crippen LogP contribution in [0.2, 0.25) is 0 Å². The van der Waals surface area contributed by atoms with Gasteiger partial charge in [-0.2, -0.15) is 0 Å². The predicted molar refractivity (Wildman–Crippen MR) is 102 cm³/mol. The van der Waals surface area contributed by atoms with Gasteiger partial charge in [-0.15, -0.1) is 0 Å². The van der Waals surface area contributed by atoms with Crippen LogP contribution >= 0.6 is 0 Å².